The van der Waals surface area contributed by atoms with Crippen LogP contribution in [0.5, 0.6) is 0 Å². The van der Waals surface area contributed by atoms with Crippen molar-refractivity contribution in [2.45, 2.75) is 297 Å². The summed E-state index contributed by atoms with van der Waals surface area (Å²) in [5.74, 6) is 0.822. The lowest BCUT2D eigenvalue weighted by molar-refractivity contribution is -0.152. The summed E-state index contributed by atoms with van der Waals surface area (Å²) >= 11 is 0. The van der Waals surface area contributed by atoms with Crippen LogP contribution in [-0.2, 0) is 33.4 Å². The molecule has 0 saturated carbocycles. The van der Waals surface area contributed by atoms with E-state index in [1.165, 1.54) is 173 Å². The van der Waals surface area contributed by atoms with Gasteiger partial charge in [-0.05, 0) is 129 Å². The molecule has 10 heteroatoms. The summed E-state index contributed by atoms with van der Waals surface area (Å²) in [6.45, 7) is 14.5. The fourth-order valence-corrected chi connectivity index (χ4v) is 11.1. The van der Waals surface area contributed by atoms with Crippen molar-refractivity contribution in [3.63, 3.8) is 0 Å². The zero-order valence-electron chi connectivity index (χ0n) is 49.7. The van der Waals surface area contributed by atoms with Gasteiger partial charge in [0.2, 0.25) is 0 Å². The summed E-state index contributed by atoms with van der Waals surface area (Å²) in [6, 6.07) is 0. The van der Waals surface area contributed by atoms with E-state index in [1.807, 2.05) is 0 Å². The normalized spacial score (nSPS) is 15.7. The Bertz CT molecular complexity index is 1290. The van der Waals surface area contributed by atoms with Gasteiger partial charge in [0.15, 0.2) is 0 Å². The van der Waals surface area contributed by atoms with Crippen molar-refractivity contribution in [2.75, 3.05) is 60.1 Å². The molecule has 2 saturated heterocycles. The van der Waals surface area contributed by atoms with Crippen molar-refractivity contribution in [1.82, 2.24) is 9.80 Å². The molecule has 0 aromatic heterocycles. The van der Waals surface area contributed by atoms with Gasteiger partial charge < -0.3 is 29.1 Å². The Kier molecular flexibility index (Phi) is 47.5. The van der Waals surface area contributed by atoms with Crippen LogP contribution in [0.2, 0.25) is 0 Å². The predicted octanol–water partition coefficient (Wildman–Crippen LogP) is 17.1. The number of esters is 3. The van der Waals surface area contributed by atoms with Gasteiger partial charge in [-0.15, -0.1) is 0 Å². The maximum Gasteiger partial charge on any atom is 0.309 e. The highest BCUT2D eigenvalue weighted by Gasteiger charge is 2.27. The number of ether oxygens (including phenoxy) is 3. The zero-order valence-corrected chi connectivity index (χ0v) is 49.7. The van der Waals surface area contributed by atoms with E-state index in [2.05, 4.69) is 51.6 Å². The van der Waals surface area contributed by atoms with E-state index in [-0.39, 0.29) is 36.2 Å². The van der Waals surface area contributed by atoms with Crippen molar-refractivity contribution in [1.29, 1.82) is 0 Å². The maximum atomic E-state index is 12.7. The van der Waals surface area contributed by atoms with Gasteiger partial charge in [0.1, 0.15) is 0 Å². The number of unbranched alkanes of at least 4 members (excludes halogenated alkanes) is 22. The fourth-order valence-electron chi connectivity index (χ4n) is 11.1. The topological polar surface area (TPSA) is 123 Å². The largest absolute Gasteiger partial charge is 0.481 e. The number of carbonyl (C=O) groups is 4. The molecule has 0 aliphatic carbocycles. The lowest BCUT2D eigenvalue weighted by atomic mass is 9.90. The molecule has 436 valence electrons. The summed E-state index contributed by atoms with van der Waals surface area (Å²) in [4.78, 5) is 52.9. The molecule has 2 atom stereocenters. The highest BCUT2D eigenvalue weighted by atomic mass is 16.5. The van der Waals surface area contributed by atoms with E-state index < -0.39 is 5.97 Å². The van der Waals surface area contributed by atoms with Crippen LogP contribution >= 0.6 is 0 Å². The molecule has 2 unspecified atom stereocenters. The van der Waals surface area contributed by atoms with Gasteiger partial charge in [-0.1, -0.05) is 214 Å². The van der Waals surface area contributed by atoms with Crippen LogP contribution in [0.4, 0.5) is 0 Å². The number of carbonyl (C=O) groups excluding carboxylic acids is 3. The minimum absolute atomic E-state index is 0.00722. The number of carboxylic acids is 1. The van der Waals surface area contributed by atoms with Gasteiger partial charge in [-0.3, -0.25) is 19.2 Å². The third kappa shape index (κ3) is 41.9. The molecule has 2 aliphatic heterocycles. The number of likely N-dealkylation sites (tertiary alicyclic amines) is 2. The van der Waals surface area contributed by atoms with Crippen LogP contribution in [0.1, 0.15) is 297 Å². The Morgan fingerprint density at radius 2 is 0.689 bits per heavy atom. The third-order valence-corrected chi connectivity index (χ3v) is 16.4. The van der Waals surface area contributed by atoms with Crippen LogP contribution in [-0.4, -0.2) is 98.9 Å². The molecule has 2 rings (SSSR count). The number of carboxylic acid groups (broad SMARTS) is 1. The summed E-state index contributed by atoms with van der Waals surface area (Å²) < 4.78 is 17.1. The maximum absolute atomic E-state index is 12.7. The molecule has 10 nitrogen and oxygen atoms in total. The molecule has 2 heterocycles. The van der Waals surface area contributed by atoms with E-state index in [4.69, 9.17) is 19.3 Å². The number of hydrogen-bond acceptors (Lipinski definition) is 9. The SMILES string of the molecule is CCCCCCCCCCC(CCCC(=O)O)COC(=O)C1CCN(C)CC1.CCCCCCCCCCC(CCCC(=O)OCCCCCCCC(CCCCC)CCCCC)COC(=O)C1CCN(C)CC1. The molecule has 0 radical (unpaired) electrons. The number of aliphatic carboxylic acids is 1. The lowest BCUT2D eigenvalue weighted by Crippen LogP contribution is -2.34. The molecule has 74 heavy (non-hydrogen) atoms. The molecule has 2 fully saturated rings. The minimum atomic E-state index is -0.742. The zero-order chi connectivity index (χ0) is 54.1. The van der Waals surface area contributed by atoms with Crippen LogP contribution in [0, 0.1) is 29.6 Å². The first kappa shape index (κ1) is 69.8. The standard InChI is InChI=1S/C41H79NO4.C23H43NO4/c1-5-8-11-12-13-14-16-22-28-38(36-46-41(44)39-31-33-42(4)34-32-39)29-24-30-40(43)45-35-23-18-15-17-21-27-37(25-19-9-6-2)26-20-10-7-3;1-3-4-5-6-7-8-9-10-12-20(13-11-14-22(25)26)19-28-23(27)21-15-17-24(2)18-16-21/h37-39H,5-36H2,1-4H3;20-21H,3-19H2,1-2H3,(H,25,26). The molecule has 0 bridgehead atoms. The Morgan fingerprint density at radius 3 is 1.07 bits per heavy atom. The predicted molar refractivity (Wildman–Crippen MR) is 310 cm³/mol. The smallest absolute Gasteiger partial charge is 0.309 e. The summed E-state index contributed by atoms with van der Waals surface area (Å²) in [5, 5.41) is 8.88. The monoisotopic (exact) mass is 1050 g/mol. The van der Waals surface area contributed by atoms with Crippen LogP contribution in [0.25, 0.3) is 0 Å². The fraction of sp³-hybridized carbons (Fsp3) is 0.938. The van der Waals surface area contributed by atoms with E-state index in [1.54, 1.807) is 0 Å². The van der Waals surface area contributed by atoms with Crippen LogP contribution in [0.15, 0.2) is 0 Å². The minimum Gasteiger partial charge on any atom is -0.481 e. The van der Waals surface area contributed by atoms with Crippen molar-refractivity contribution < 1.29 is 38.5 Å². The Labute approximate surface area is 457 Å². The summed E-state index contributed by atoms with van der Waals surface area (Å²) in [5.41, 5.74) is 0. The van der Waals surface area contributed by atoms with Crippen LogP contribution < -0.4 is 0 Å². The molecule has 1 N–H and O–H groups in total. The molecular weight excluding hydrogens is 925 g/mol. The highest BCUT2D eigenvalue weighted by Crippen LogP contribution is 2.26. The van der Waals surface area contributed by atoms with E-state index in [9.17, 15) is 19.2 Å². The van der Waals surface area contributed by atoms with E-state index >= 15 is 0 Å². The lowest BCUT2D eigenvalue weighted by Gasteiger charge is -2.28. The van der Waals surface area contributed by atoms with Crippen LogP contribution in [0.3, 0.4) is 0 Å². The second-order valence-electron chi connectivity index (χ2n) is 23.5. The second kappa shape index (κ2) is 50.3. The van der Waals surface area contributed by atoms with E-state index in [0.29, 0.717) is 44.5 Å². The van der Waals surface area contributed by atoms with Gasteiger partial charge in [0.25, 0.3) is 0 Å². The second-order valence-corrected chi connectivity index (χ2v) is 23.5. The molecule has 0 aromatic rings. The summed E-state index contributed by atoms with van der Waals surface area (Å²) in [7, 11) is 4.21. The third-order valence-electron chi connectivity index (χ3n) is 16.4. The highest BCUT2D eigenvalue weighted by molar-refractivity contribution is 5.73. The molecule has 2 aliphatic rings. The van der Waals surface area contributed by atoms with Gasteiger partial charge in [0, 0.05) is 12.8 Å². The van der Waals surface area contributed by atoms with Gasteiger partial charge >= 0.3 is 23.9 Å². The van der Waals surface area contributed by atoms with Crippen molar-refractivity contribution in [3.05, 3.63) is 0 Å². The average Bonchev–Trinajstić information content (AvgIpc) is 3.39. The first-order chi connectivity index (χ1) is 36.0. The van der Waals surface area contributed by atoms with Gasteiger partial charge in [-0.25, -0.2) is 0 Å². The molecule has 0 amide bonds. The Morgan fingerprint density at radius 1 is 0.392 bits per heavy atom. The average molecular weight is 1050 g/mol. The first-order valence-corrected chi connectivity index (χ1v) is 32.1. The number of nitrogens with zero attached hydrogens (tertiary/aromatic N) is 2. The molecule has 0 aromatic carbocycles. The summed E-state index contributed by atoms with van der Waals surface area (Å²) in [6.07, 6.45) is 48.9. The number of piperidine rings is 2. The van der Waals surface area contributed by atoms with Crippen molar-refractivity contribution >= 4 is 23.9 Å². The number of rotatable bonds is 48. The Hall–Kier alpha value is -2.20. The Balaban J connectivity index is 0.000000833. The molecule has 0 spiro atoms. The van der Waals surface area contributed by atoms with Gasteiger partial charge in [-0.2, -0.15) is 0 Å². The van der Waals surface area contributed by atoms with Gasteiger partial charge in [0.05, 0.1) is 31.7 Å². The first-order valence-electron chi connectivity index (χ1n) is 32.1. The quantitative estimate of drug-likeness (QED) is 0.0358. The van der Waals surface area contributed by atoms with Crippen molar-refractivity contribution in [2.24, 2.45) is 29.6 Å². The molecular formula is C64H122N2O8. The van der Waals surface area contributed by atoms with E-state index in [0.717, 1.165) is 109 Å². The number of hydrogen-bond donors (Lipinski definition) is 1. The van der Waals surface area contributed by atoms with Crippen molar-refractivity contribution in [3.8, 4) is 0 Å².